The molecule has 0 atom stereocenters. The third-order valence-electron chi connectivity index (χ3n) is 3.80. The summed E-state index contributed by atoms with van der Waals surface area (Å²) in [6.45, 7) is 0.923. The minimum absolute atomic E-state index is 0.176. The van der Waals surface area contributed by atoms with Gasteiger partial charge in [0.05, 0.1) is 12.2 Å². The van der Waals surface area contributed by atoms with Crippen molar-refractivity contribution < 1.29 is 14.6 Å². The molecule has 126 valence electrons. The highest BCUT2D eigenvalue weighted by Gasteiger charge is 2.14. The fourth-order valence-corrected chi connectivity index (χ4v) is 2.61. The van der Waals surface area contributed by atoms with E-state index in [9.17, 15) is 10.4 Å². The molecule has 5 heteroatoms. The first-order valence-corrected chi connectivity index (χ1v) is 7.85. The van der Waals surface area contributed by atoms with Crippen LogP contribution in [0.25, 0.3) is 16.8 Å². The molecule has 0 unspecified atom stereocenters. The Morgan fingerprint density at radius 2 is 1.88 bits per heavy atom. The first kappa shape index (κ1) is 16.6. The third-order valence-corrected chi connectivity index (χ3v) is 3.80. The van der Waals surface area contributed by atoms with Crippen LogP contribution in [-0.2, 0) is 4.74 Å². The number of hydrogen-bond donors (Lipinski definition) is 1. The SMILES string of the molecule is COCCOc1ccccc1-c1cn(-c2cccc(O)c2)cc1C#N. The van der Waals surface area contributed by atoms with Gasteiger partial charge < -0.3 is 19.1 Å². The van der Waals surface area contributed by atoms with Crippen LogP contribution >= 0.6 is 0 Å². The maximum absolute atomic E-state index is 9.68. The van der Waals surface area contributed by atoms with Gasteiger partial charge in [0.2, 0.25) is 0 Å². The summed E-state index contributed by atoms with van der Waals surface area (Å²) < 4.78 is 12.6. The molecular weight excluding hydrogens is 316 g/mol. The quantitative estimate of drug-likeness (QED) is 0.697. The highest BCUT2D eigenvalue weighted by Crippen LogP contribution is 2.33. The van der Waals surface area contributed by atoms with E-state index < -0.39 is 0 Å². The number of ether oxygens (including phenoxy) is 2. The van der Waals surface area contributed by atoms with Crippen molar-refractivity contribution in [2.45, 2.75) is 0 Å². The van der Waals surface area contributed by atoms with Gasteiger partial charge in [-0.15, -0.1) is 0 Å². The van der Waals surface area contributed by atoms with Crippen molar-refractivity contribution in [1.82, 2.24) is 4.57 Å². The van der Waals surface area contributed by atoms with Gasteiger partial charge in [-0.05, 0) is 18.2 Å². The topological polar surface area (TPSA) is 67.4 Å². The molecule has 3 aromatic rings. The zero-order valence-electron chi connectivity index (χ0n) is 13.8. The van der Waals surface area contributed by atoms with Crippen LogP contribution in [0.4, 0.5) is 0 Å². The fraction of sp³-hybridized carbons (Fsp3) is 0.150. The lowest BCUT2D eigenvalue weighted by Gasteiger charge is -2.10. The average Bonchev–Trinajstić information content (AvgIpc) is 3.07. The molecule has 0 fully saturated rings. The normalized spacial score (nSPS) is 10.4. The molecule has 0 saturated carbocycles. The molecule has 0 aliphatic heterocycles. The number of phenols is 1. The van der Waals surface area contributed by atoms with Crippen LogP contribution in [0.1, 0.15) is 5.56 Å². The Labute approximate surface area is 146 Å². The van der Waals surface area contributed by atoms with Crippen LogP contribution in [-0.4, -0.2) is 30.0 Å². The van der Waals surface area contributed by atoms with Crippen molar-refractivity contribution in [2.75, 3.05) is 20.3 Å². The Balaban J connectivity index is 2.02. The molecule has 5 nitrogen and oxygen atoms in total. The molecular formula is C20H18N2O3. The fourth-order valence-electron chi connectivity index (χ4n) is 2.61. The predicted octanol–water partition coefficient (Wildman–Crippen LogP) is 3.75. The van der Waals surface area contributed by atoms with Crippen molar-refractivity contribution in [3.8, 4) is 34.4 Å². The Morgan fingerprint density at radius 1 is 1.04 bits per heavy atom. The Hall–Kier alpha value is -3.23. The van der Waals surface area contributed by atoms with Crippen molar-refractivity contribution in [3.63, 3.8) is 0 Å². The molecule has 25 heavy (non-hydrogen) atoms. The van der Waals surface area contributed by atoms with Gasteiger partial charge in [0.1, 0.15) is 24.2 Å². The van der Waals surface area contributed by atoms with Crippen LogP contribution in [0, 0.1) is 11.3 Å². The van der Waals surface area contributed by atoms with E-state index in [0.717, 1.165) is 16.8 Å². The number of methoxy groups -OCH3 is 1. The number of benzene rings is 2. The van der Waals surface area contributed by atoms with Gasteiger partial charge in [0.25, 0.3) is 0 Å². The number of nitriles is 1. The highest BCUT2D eigenvalue weighted by atomic mass is 16.5. The minimum atomic E-state index is 0.176. The Morgan fingerprint density at radius 3 is 2.64 bits per heavy atom. The van der Waals surface area contributed by atoms with Crippen LogP contribution in [0.3, 0.4) is 0 Å². The minimum Gasteiger partial charge on any atom is -0.508 e. The van der Waals surface area contributed by atoms with E-state index in [1.54, 1.807) is 31.5 Å². The largest absolute Gasteiger partial charge is 0.508 e. The molecule has 0 bridgehead atoms. The van der Waals surface area contributed by atoms with Crippen molar-refractivity contribution >= 4 is 0 Å². The average molecular weight is 334 g/mol. The lowest BCUT2D eigenvalue weighted by atomic mass is 10.0. The van der Waals surface area contributed by atoms with E-state index in [1.807, 2.05) is 41.1 Å². The summed E-state index contributed by atoms with van der Waals surface area (Å²) in [7, 11) is 1.62. The Bertz CT molecular complexity index is 909. The van der Waals surface area contributed by atoms with E-state index in [1.165, 1.54) is 0 Å². The van der Waals surface area contributed by atoms with Crippen molar-refractivity contribution in [3.05, 3.63) is 66.5 Å². The summed E-state index contributed by atoms with van der Waals surface area (Å²) in [5.74, 6) is 0.874. The van der Waals surface area contributed by atoms with E-state index >= 15 is 0 Å². The number of rotatable bonds is 6. The second-order valence-corrected chi connectivity index (χ2v) is 5.46. The molecule has 1 N–H and O–H groups in total. The second-order valence-electron chi connectivity index (χ2n) is 5.46. The first-order chi connectivity index (χ1) is 12.2. The van der Waals surface area contributed by atoms with Crippen LogP contribution in [0.15, 0.2) is 60.9 Å². The zero-order chi connectivity index (χ0) is 17.6. The summed E-state index contributed by atoms with van der Waals surface area (Å²) in [6, 6.07) is 16.7. The van der Waals surface area contributed by atoms with E-state index in [4.69, 9.17) is 9.47 Å². The summed E-state index contributed by atoms with van der Waals surface area (Å²) in [4.78, 5) is 0. The molecule has 0 spiro atoms. The lowest BCUT2D eigenvalue weighted by Crippen LogP contribution is -2.05. The number of para-hydroxylation sites is 1. The maximum atomic E-state index is 9.68. The maximum Gasteiger partial charge on any atom is 0.127 e. The molecule has 1 aromatic heterocycles. The second kappa shape index (κ2) is 7.56. The number of nitrogens with zero attached hydrogens (tertiary/aromatic N) is 2. The number of aromatic hydroxyl groups is 1. The number of hydrogen-bond acceptors (Lipinski definition) is 4. The van der Waals surface area contributed by atoms with Gasteiger partial charge in [0.15, 0.2) is 0 Å². The van der Waals surface area contributed by atoms with Crippen molar-refractivity contribution in [1.29, 1.82) is 5.26 Å². The van der Waals surface area contributed by atoms with Gasteiger partial charge in [-0.3, -0.25) is 0 Å². The summed E-state index contributed by atoms with van der Waals surface area (Å²) in [5.41, 5.74) is 2.93. The summed E-state index contributed by atoms with van der Waals surface area (Å²) in [5, 5.41) is 19.2. The smallest absolute Gasteiger partial charge is 0.127 e. The van der Waals surface area contributed by atoms with Gasteiger partial charge >= 0.3 is 0 Å². The van der Waals surface area contributed by atoms with Gasteiger partial charge in [-0.25, -0.2) is 0 Å². The van der Waals surface area contributed by atoms with Crippen LogP contribution in [0.5, 0.6) is 11.5 Å². The van der Waals surface area contributed by atoms with Gasteiger partial charge in [-0.1, -0.05) is 24.3 Å². The Kier molecular flexibility index (Phi) is 5.03. The molecule has 3 rings (SSSR count). The molecule has 0 amide bonds. The van der Waals surface area contributed by atoms with Crippen LogP contribution < -0.4 is 4.74 Å². The van der Waals surface area contributed by atoms with Gasteiger partial charge in [-0.2, -0.15) is 5.26 Å². The molecule has 2 aromatic carbocycles. The van der Waals surface area contributed by atoms with Crippen LogP contribution in [0.2, 0.25) is 0 Å². The van der Waals surface area contributed by atoms with Gasteiger partial charge in [0, 0.05) is 42.4 Å². The molecule has 0 radical (unpaired) electrons. The monoisotopic (exact) mass is 334 g/mol. The lowest BCUT2D eigenvalue weighted by molar-refractivity contribution is 0.146. The van der Waals surface area contributed by atoms with E-state index in [2.05, 4.69) is 6.07 Å². The first-order valence-electron chi connectivity index (χ1n) is 7.85. The zero-order valence-corrected chi connectivity index (χ0v) is 13.8. The predicted molar refractivity (Wildman–Crippen MR) is 95.0 cm³/mol. The van der Waals surface area contributed by atoms with E-state index in [-0.39, 0.29) is 5.75 Å². The molecule has 0 saturated heterocycles. The summed E-state index contributed by atoms with van der Waals surface area (Å²) in [6.07, 6.45) is 3.61. The standard InChI is InChI=1S/C20H18N2O3/c1-24-9-10-25-20-8-3-2-7-18(20)19-14-22(13-15(19)12-21)16-5-4-6-17(23)11-16/h2-8,11,13-14,23H,9-10H2,1H3. The highest BCUT2D eigenvalue weighted by molar-refractivity contribution is 5.76. The summed E-state index contributed by atoms with van der Waals surface area (Å²) >= 11 is 0. The number of phenolic OH excluding ortho intramolecular Hbond substituents is 1. The molecule has 0 aliphatic rings. The van der Waals surface area contributed by atoms with E-state index in [0.29, 0.717) is 24.5 Å². The van der Waals surface area contributed by atoms with Crippen molar-refractivity contribution in [2.24, 2.45) is 0 Å². The molecule has 1 heterocycles. The third kappa shape index (κ3) is 3.65. The number of aromatic nitrogens is 1. The molecule has 0 aliphatic carbocycles.